The molecule has 5 nitrogen and oxygen atoms in total. The van der Waals surface area contributed by atoms with Crippen molar-refractivity contribution in [3.63, 3.8) is 0 Å². The van der Waals surface area contributed by atoms with E-state index in [4.69, 9.17) is 10.4 Å². The van der Waals surface area contributed by atoms with Gasteiger partial charge in [-0.3, -0.25) is 10.1 Å². The van der Waals surface area contributed by atoms with Gasteiger partial charge in [-0.15, -0.1) is 0 Å². The molecule has 1 N–H and O–H groups in total. The van der Waals surface area contributed by atoms with Crippen molar-refractivity contribution >= 4 is 5.69 Å². The minimum Gasteiger partial charge on any atom is -0.392 e. The summed E-state index contributed by atoms with van der Waals surface area (Å²) in [5.74, 6) is 0. The van der Waals surface area contributed by atoms with E-state index in [-0.39, 0.29) is 17.9 Å². The van der Waals surface area contributed by atoms with Crippen molar-refractivity contribution in [1.82, 2.24) is 0 Å². The Labute approximate surface area is 74.0 Å². The molecular weight excluding hydrogens is 172 g/mol. The molecule has 1 rings (SSSR count). The second kappa shape index (κ2) is 3.65. The van der Waals surface area contributed by atoms with E-state index in [1.165, 1.54) is 18.2 Å². The maximum atomic E-state index is 10.4. The first-order valence-electron chi connectivity index (χ1n) is 3.46. The van der Waals surface area contributed by atoms with Crippen LogP contribution in [0.4, 0.5) is 5.69 Å². The second-order valence-corrected chi connectivity index (χ2v) is 2.42. The lowest BCUT2D eigenvalue weighted by Crippen LogP contribution is -1.92. The molecule has 0 atom stereocenters. The number of aliphatic hydroxyl groups is 1. The van der Waals surface area contributed by atoms with Crippen molar-refractivity contribution < 1.29 is 10.0 Å². The molecule has 5 heteroatoms. The lowest BCUT2D eigenvalue weighted by atomic mass is 10.1. The van der Waals surface area contributed by atoms with Crippen LogP contribution in [0, 0.1) is 21.4 Å². The quantitative estimate of drug-likeness (QED) is 0.539. The van der Waals surface area contributed by atoms with Crippen LogP contribution in [-0.4, -0.2) is 10.0 Å². The number of non-ortho nitro benzene ring substituents is 1. The Hall–Kier alpha value is -1.93. The fourth-order valence-electron chi connectivity index (χ4n) is 0.935. The number of benzene rings is 1. The number of nitro groups is 1. The summed E-state index contributed by atoms with van der Waals surface area (Å²) in [6.07, 6.45) is 0. The second-order valence-electron chi connectivity index (χ2n) is 2.42. The monoisotopic (exact) mass is 178 g/mol. The van der Waals surface area contributed by atoms with Crippen LogP contribution in [-0.2, 0) is 6.61 Å². The largest absolute Gasteiger partial charge is 0.392 e. The molecule has 0 aliphatic rings. The Morgan fingerprint density at radius 2 is 2.23 bits per heavy atom. The molecule has 0 unspecified atom stereocenters. The van der Waals surface area contributed by atoms with Gasteiger partial charge in [0.25, 0.3) is 5.69 Å². The highest BCUT2D eigenvalue weighted by Crippen LogP contribution is 2.16. The predicted octanol–water partition coefficient (Wildman–Crippen LogP) is 0.959. The third kappa shape index (κ3) is 2.01. The van der Waals surface area contributed by atoms with Crippen LogP contribution in [0.3, 0.4) is 0 Å². The Morgan fingerprint density at radius 1 is 1.54 bits per heavy atom. The van der Waals surface area contributed by atoms with Gasteiger partial charge in [0.15, 0.2) is 0 Å². The van der Waals surface area contributed by atoms with E-state index in [0.717, 1.165) is 0 Å². The van der Waals surface area contributed by atoms with Gasteiger partial charge in [0.1, 0.15) is 0 Å². The molecule has 1 aromatic rings. The van der Waals surface area contributed by atoms with Crippen molar-refractivity contribution in [2.24, 2.45) is 0 Å². The van der Waals surface area contributed by atoms with Crippen molar-refractivity contribution in [2.75, 3.05) is 0 Å². The highest BCUT2D eigenvalue weighted by molar-refractivity contribution is 5.44. The molecule has 13 heavy (non-hydrogen) atoms. The molecule has 0 saturated carbocycles. The third-order valence-corrected chi connectivity index (χ3v) is 1.50. The van der Waals surface area contributed by atoms with E-state index in [2.05, 4.69) is 0 Å². The van der Waals surface area contributed by atoms with E-state index in [9.17, 15) is 10.1 Å². The number of nitro benzene ring substituents is 1. The highest BCUT2D eigenvalue weighted by Gasteiger charge is 2.08. The van der Waals surface area contributed by atoms with Gasteiger partial charge in [-0.1, -0.05) is 0 Å². The van der Waals surface area contributed by atoms with E-state index >= 15 is 0 Å². The normalized spacial score (nSPS) is 9.23. The van der Waals surface area contributed by atoms with Crippen LogP contribution in [0.2, 0.25) is 0 Å². The molecule has 1 aromatic carbocycles. The van der Waals surface area contributed by atoms with Gasteiger partial charge in [0.05, 0.1) is 23.2 Å². The molecule has 0 spiro atoms. The average Bonchev–Trinajstić information content (AvgIpc) is 2.16. The van der Waals surface area contributed by atoms with E-state index in [0.29, 0.717) is 5.56 Å². The summed E-state index contributed by atoms with van der Waals surface area (Å²) in [5.41, 5.74) is 0.368. The van der Waals surface area contributed by atoms with E-state index in [1.807, 2.05) is 0 Å². The third-order valence-electron chi connectivity index (χ3n) is 1.50. The molecule has 0 amide bonds. The molecule has 0 aliphatic heterocycles. The Bertz CT molecular complexity index is 381. The van der Waals surface area contributed by atoms with E-state index in [1.54, 1.807) is 6.07 Å². The van der Waals surface area contributed by atoms with Gasteiger partial charge in [-0.05, 0) is 11.6 Å². The first-order valence-corrected chi connectivity index (χ1v) is 3.46. The van der Waals surface area contributed by atoms with Gasteiger partial charge in [-0.2, -0.15) is 5.26 Å². The number of nitrogens with zero attached hydrogens (tertiary/aromatic N) is 2. The van der Waals surface area contributed by atoms with Crippen LogP contribution in [0.1, 0.15) is 11.1 Å². The van der Waals surface area contributed by atoms with Gasteiger partial charge < -0.3 is 5.11 Å². The van der Waals surface area contributed by atoms with E-state index < -0.39 is 4.92 Å². The lowest BCUT2D eigenvalue weighted by molar-refractivity contribution is -0.385. The Morgan fingerprint density at radius 3 is 2.69 bits per heavy atom. The minimum absolute atomic E-state index is 0.178. The summed E-state index contributed by atoms with van der Waals surface area (Å²) in [7, 11) is 0. The molecule has 0 heterocycles. The summed E-state index contributed by atoms with van der Waals surface area (Å²) >= 11 is 0. The number of hydrogen-bond donors (Lipinski definition) is 1. The van der Waals surface area contributed by atoms with Crippen molar-refractivity contribution in [3.05, 3.63) is 39.4 Å². The van der Waals surface area contributed by atoms with Gasteiger partial charge in [0, 0.05) is 12.1 Å². The SMILES string of the molecule is N#Cc1cc(CO)cc([N+](=O)[O-])c1. The number of rotatable bonds is 2. The van der Waals surface area contributed by atoms with Crippen molar-refractivity contribution in [1.29, 1.82) is 5.26 Å². The van der Waals surface area contributed by atoms with Crippen molar-refractivity contribution in [2.45, 2.75) is 6.61 Å². The summed E-state index contributed by atoms with van der Waals surface area (Å²) in [6, 6.07) is 5.59. The Balaban J connectivity index is 3.24. The molecular formula is C8H6N2O3. The van der Waals surface area contributed by atoms with Crippen LogP contribution in [0.25, 0.3) is 0 Å². The first-order chi connectivity index (χ1) is 6.17. The fourth-order valence-corrected chi connectivity index (χ4v) is 0.935. The topological polar surface area (TPSA) is 87.2 Å². The Kier molecular flexibility index (Phi) is 2.57. The molecule has 0 fully saturated rings. The highest BCUT2D eigenvalue weighted by atomic mass is 16.6. The predicted molar refractivity (Wildman–Crippen MR) is 43.7 cm³/mol. The molecule has 66 valence electrons. The van der Waals surface area contributed by atoms with Gasteiger partial charge in [0.2, 0.25) is 0 Å². The van der Waals surface area contributed by atoms with Crippen molar-refractivity contribution in [3.8, 4) is 6.07 Å². The van der Waals surface area contributed by atoms with Gasteiger partial charge >= 0.3 is 0 Å². The standard InChI is InChI=1S/C8H6N2O3/c9-4-6-1-7(5-11)3-8(2-6)10(12)13/h1-3,11H,5H2. The molecule has 0 bridgehead atoms. The summed E-state index contributed by atoms with van der Waals surface area (Å²) in [4.78, 5) is 9.75. The number of aliphatic hydroxyl groups excluding tert-OH is 1. The number of hydrogen-bond acceptors (Lipinski definition) is 4. The van der Waals surface area contributed by atoms with Crippen LogP contribution in [0.5, 0.6) is 0 Å². The smallest absolute Gasteiger partial charge is 0.271 e. The van der Waals surface area contributed by atoms with Crippen LogP contribution < -0.4 is 0 Å². The zero-order chi connectivity index (χ0) is 9.84. The fraction of sp³-hybridized carbons (Fsp3) is 0.125. The minimum atomic E-state index is -0.597. The first kappa shape index (κ1) is 9.16. The van der Waals surface area contributed by atoms with Gasteiger partial charge in [-0.25, -0.2) is 0 Å². The summed E-state index contributed by atoms with van der Waals surface area (Å²) < 4.78 is 0. The van der Waals surface area contributed by atoms with Crippen LogP contribution in [0.15, 0.2) is 18.2 Å². The maximum absolute atomic E-state index is 10.4. The summed E-state index contributed by atoms with van der Waals surface area (Å²) in [5, 5.41) is 27.6. The maximum Gasteiger partial charge on any atom is 0.271 e. The molecule has 0 radical (unpaired) electrons. The zero-order valence-electron chi connectivity index (χ0n) is 6.60. The summed E-state index contributed by atoms with van der Waals surface area (Å²) in [6.45, 7) is -0.309. The molecule has 0 aliphatic carbocycles. The zero-order valence-corrected chi connectivity index (χ0v) is 6.60. The van der Waals surface area contributed by atoms with Crippen LogP contribution >= 0.6 is 0 Å². The average molecular weight is 178 g/mol. The molecule has 0 saturated heterocycles. The molecule has 0 aromatic heterocycles. The number of nitriles is 1. The lowest BCUT2D eigenvalue weighted by Gasteiger charge is -1.96.